The van der Waals surface area contributed by atoms with Gasteiger partial charge in [-0.2, -0.15) is 0 Å². The van der Waals surface area contributed by atoms with Gasteiger partial charge in [0.05, 0.1) is 0 Å². The number of carbonyl (C=O) groups is 1. The highest BCUT2D eigenvalue weighted by Gasteiger charge is 2.36. The molecule has 0 saturated heterocycles. The monoisotopic (exact) mass is 190 g/mol. The first kappa shape index (κ1) is 9.25. The van der Waals surface area contributed by atoms with Gasteiger partial charge in [-0.3, -0.25) is 0 Å². The van der Waals surface area contributed by atoms with Crippen molar-refractivity contribution in [3.05, 3.63) is 29.8 Å². The van der Waals surface area contributed by atoms with E-state index in [0.717, 1.165) is 37.5 Å². The molecule has 1 aliphatic rings. The second-order valence-electron chi connectivity index (χ2n) is 4.18. The quantitative estimate of drug-likeness (QED) is 0.742. The summed E-state index contributed by atoms with van der Waals surface area (Å²) in [7, 11) is 0. The first-order valence-electron chi connectivity index (χ1n) is 4.98. The van der Waals surface area contributed by atoms with Gasteiger partial charge in [0.2, 0.25) is 0 Å². The van der Waals surface area contributed by atoms with Crippen LogP contribution in [0.4, 0.5) is 0 Å². The average molecular weight is 190 g/mol. The van der Waals surface area contributed by atoms with Crippen molar-refractivity contribution in [2.75, 3.05) is 0 Å². The van der Waals surface area contributed by atoms with Gasteiger partial charge in [0.25, 0.3) is 0 Å². The fraction of sp³-hybridized carbons (Fsp3) is 0.417. The minimum Gasteiger partial charge on any atom is -0.508 e. The van der Waals surface area contributed by atoms with Crippen molar-refractivity contribution < 1.29 is 9.90 Å². The van der Waals surface area contributed by atoms with Gasteiger partial charge < -0.3 is 9.90 Å². The molecule has 0 bridgehead atoms. The lowest BCUT2D eigenvalue weighted by Gasteiger charge is -2.36. The fourth-order valence-corrected chi connectivity index (χ4v) is 2.04. The third kappa shape index (κ3) is 1.65. The van der Waals surface area contributed by atoms with Crippen LogP contribution in [0.5, 0.6) is 5.75 Å². The van der Waals surface area contributed by atoms with Crippen LogP contribution in [0.25, 0.3) is 0 Å². The van der Waals surface area contributed by atoms with E-state index < -0.39 is 0 Å². The van der Waals surface area contributed by atoms with Crippen LogP contribution >= 0.6 is 0 Å². The van der Waals surface area contributed by atoms with Gasteiger partial charge in [-0.25, -0.2) is 0 Å². The Morgan fingerprint density at radius 2 is 2.21 bits per heavy atom. The van der Waals surface area contributed by atoms with Crippen LogP contribution in [-0.4, -0.2) is 11.4 Å². The van der Waals surface area contributed by atoms with Gasteiger partial charge in [0.15, 0.2) is 0 Å². The highest BCUT2D eigenvalue weighted by molar-refractivity contribution is 5.61. The zero-order chi connectivity index (χ0) is 10.0. The van der Waals surface area contributed by atoms with Gasteiger partial charge >= 0.3 is 0 Å². The van der Waals surface area contributed by atoms with Crippen molar-refractivity contribution in [1.82, 2.24) is 0 Å². The lowest BCUT2D eigenvalue weighted by atomic mass is 9.66. The molecule has 0 heterocycles. The van der Waals surface area contributed by atoms with E-state index in [2.05, 4.69) is 0 Å². The molecule has 0 atom stereocenters. The smallest absolute Gasteiger partial charge is 0.126 e. The van der Waals surface area contributed by atoms with Gasteiger partial charge in [-0.1, -0.05) is 18.6 Å². The van der Waals surface area contributed by atoms with E-state index in [1.807, 2.05) is 12.1 Å². The Morgan fingerprint density at radius 3 is 2.71 bits per heavy atom. The molecule has 2 rings (SSSR count). The summed E-state index contributed by atoms with van der Waals surface area (Å²) in [5, 5.41) is 9.28. The van der Waals surface area contributed by atoms with Crippen LogP contribution in [0, 0.1) is 5.41 Å². The lowest BCUT2D eigenvalue weighted by Crippen LogP contribution is -2.33. The highest BCUT2D eigenvalue weighted by atomic mass is 16.3. The first-order chi connectivity index (χ1) is 6.74. The summed E-state index contributed by atoms with van der Waals surface area (Å²) < 4.78 is 0. The van der Waals surface area contributed by atoms with Gasteiger partial charge in [-0.05, 0) is 37.0 Å². The molecule has 0 spiro atoms. The highest BCUT2D eigenvalue weighted by Crippen LogP contribution is 2.41. The van der Waals surface area contributed by atoms with Crippen molar-refractivity contribution in [2.45, 2.75) is 25.7 Å². The van der Waals surface area contributed by atoms with Crippen LogP contribution in [-0.2, 0) is 11.2 Å². The zero-order valence-electron chi connectivity index (χ0n) is 8.07. The Balaban J connectivity index is 2.13. The molecule has 74 valence electrons. The summed E-state index contributed by atoms with van der Waals surface area (Å²) in [5.74, 6) is 0.280. The van der Waals surface area contributed by atoms with E-state index in [0.29, 0.717) is 0 Å². The van der Waals surface area contributed by atoms with E-state index >= 15 is 0 Å². The number of benzene rings is 1. The molecule has 0 aromatic heterocycles. The van der Waals surface area contributed by atoms with Gasteiger partial charge in [0, 0.05) is 5.41 Å². The largest absolute Gasteiger partial charge is 0.508 e. The third-order valence-electron chi connectivity index (χ3n) is 3.07. The third-order valence-corrected chi connectivity index (χ3v) is 3.07. The van der Waals surface area contributed by atoms with E-state index in [1.165, 1.54) is 0 Å². The Labute approximate surface area is 83.6 Å². The van der Waals surface area contributed by atoms with Crippen LogP contribution in [0.15, 0.2) is 24.3 Å². The maximum Gasteiger partial charge on any atom is 0.126 e. The summed E-state index contributed by atoms with van der Waals surface area (Å²) >= 11 is 0. The van der Waals surface area contributed by atoms with Gasteiger partial charge in [0.1, 0.15) is 12.0 Å². The Morgan fingerprint density at radius 1 is 1.43 bits per heavy atom. The van der Waals surface area contributed by atoms with Crippen molar-refractivity contribution >= 4 is 6.29 Å². The lowest BCUT2D eigenvalue weighted by molar-refractivity contribution is -0.120. The normalized spacial score (nSPS) is 18.6. The molecule has 0 unspecified atom stereocenters. The molecule has 1 aromatic rings. The van der Waals surface area contributed by atoms with Crippen LogP contribution in [0.2, 0.25) is 0 Å². The molecule has 2 heteroatoms. The average Bonchev–Trinajstić information content (AvgIpc) is 2.11. The summed E-state index contributed by atoms with van der Waals surface area (Å²) in [6.07, 6.45) is 4.99. The van der Waals surface area contributed by atoms with Crippen LogP contribution in [0.1, 0.15) is 24.8 Å². The minimum absolute atomic E-state index is 0.131. The summed E-state index contributed by atoms with van der Waals surface area (Å²) in [5.41, 5.74) is 0.921. The Bertz CT molecular complexity index is 340. The van der Waals surface area contributed by atoms with Crippen molar-refractivity contribution in [3.63, 3.8) is 0 Å². The molecule has 1 aromatic carbocycles. The molecule has 0 amide bonds. The number of phenolic OH excluding ortho intramolecular Hbond substituents is 1. The summed E-state index contributed by atoms with van der Waals surface area (Å²) in [6, 6.07) is 7.17. The van der Waals surface area contributed by atoms with Crippen molar-refractivity contribution in [3.8, 4) is 5.75 Å². The standard InChI is InChI=1S/C12H14O2/c13-9-12(5-2-6-12)8-10-3-1-4-11(14)7-10/h1,3-4,7,9,14H,2,5-6,8H2. The van der Waals surface area contributed by atoms with Crippen molar-refractivity contribution in [2.24, 2.45) is 5.41 Å². The number of carbonyl (C=O) groups excluding carboxylic acids is 1. The van der Waals surface area contributed by atoms with Crippen LogP contribution < -0.4 is 0 Å². The molecular weight excluding hydrogens is 176 g/mol. The first-order valence-corrected chi connectivity index (χ1v) is 4.98. The molecule has 14 heavy (non-hydrogen) atoms. The van der Waals surface area contributed by atoms with E-state index in [-0.39, 0.29) is 11.2 Å². The number of rotatable bonds is 3. The second kappa shape index (κ2) is 3.45. The summed E-state index contributed by atoms with van der Waals surface area (Å²) in [6.45, 7) is 0. The van der Waals surface area contributed by atoms with Gasteiger partial charge in [-0.15, -0.1) is 0 Å². The van der Waals surface area contributed by atoms with Crippen molar-refractivity contribution in [1.29, 1.82) is 0 Å². The number of phenols is 1. The topological polar surface area (TPSA) is 37.3 Å². The molecule has 2 nitrogen and oxygen atoms in total. The molecule has 1 saturated carbocycles. The van der Waals surface area contributed by atoms with E-state index in [9.17, 15) is 9.90 Å². The zero-order valence-corrected chi connectivity index (χ0v) is 8.07. The number of hydrogen-bond donors (Lipinski definition) is 1. The number of hydrogen-bond acceptors (Lipinski definition) is 2. The van der Waals surface area contributed by atoms with E-state index in [1.54, 1.807) is 12.1 Å². The summed E-state index contributed by atoms with van der Waals surface area (Å²) in [4.78, 5) is 10.9. The molecule has 0 radical (unpaired) electrons. The maximum atomic E-state index is 10.9. The Kier molecular flexibility index (Phi) is 2.28. The predicted molar refractivity (Wildman–Crippen MR) is 54.2 cm³/mol. The second-order valence-corrected chi connectivity index (χ2v) is 4.18. The molecule has 1 aliphatic carbocycles. The minimum atomic E-state index is -0.131. The molecule has 1 N–H and O–H groups in total. The predicted octanol–water partition coefficient (Wildman–Crippen LogP) is 2.30. The van der Waals surface area contributed by atoms with E-state index in [4.69, 9.17) is 0 Å². The fourth-order valence-electron chi connectivity index (χ4n) is 2.04. The molecular formula is C12H14O2. The number of aldehydes is 1. The molecule has 0 aliphatic heterocycles. The molecule has 1 fully saturated rings. The number of aromatic hydroxyl groups is 1. The SMILES string of the molecule is O=CC1(Cc2cccc(O)c2)CCC1. The maximum absolute atomic E-state index is 10.9. The van der Waals surface area contributed by atoms with Crippen LogP contribution in [0.3, 0.4) is 0 Å². The Hall–Kier alpha value is -1.31.